The Labute approximate surface area is 214 Å². The molecule has 0 saturated carbocycles. The van der Waals surface area contributed by atoms with Gasteiger partial charge in [-0.25, -0.2) is 0 Å². The van der Waals surface area contributed by atoms with Crippen molar-refractivity contribution in [2.45, 2.75) is 31.3 Å². The molecule has 0 bridgehead atoms. The third-order valence-electron chi connectivity index (χ3n) is 7.84. The lowest BCUT2D eigenvalue weighted by Gasteiger charge is -2.29. The van der Waals surface area contributed by atoms with Crippen molar-refractivity contribution < 1.29 is 14.4 Å². The Hall–Kier alpha value is -3.48. The summed E-state index contributed by atoms with van der Waals surface area (Å²) < 4.78 is 0. The molecule has 0 unspecified atom stereocenters. The van der Waals surface area contributed by atoms with Crippen LogP contribution in [0.2, 0.25) is 5.02 Å². The first-order chi connectivity index (χ1) is 17.4. The molecule has 3 aromatic carbocycles. The van der Waals surface area contributed by atoms with Crippen LogP contribution in [0.3, 0.4) is 0 Å². The van der Waals surface area contributed by atoms with Crippen LogP contribution < -0.4 is 10.6 Å². The smallest absolute Gasteiger partial charge is 0.250 e. The molecule has 0 aromatic heterocycles. The average Bonchev–Trinajstić information content (AvgIpc) is 3.44. The Morgan fingerprint density at radius 3 is 2.28 bits per heavy atom. The van der Waals surface area contributed by atoms with E-state index in [-0.39, 0.29) is 30.3 Å². The molecular weight excluding hydrogens is 474 g/mol. The summed E-state index contributed by atoms with van der Waals surface area (Å²) in [5, 5.41) is 6.97. The number of aryl methyl sites for hydroxylation is 1. The number of amides is 3. The van der Waals surface area contributed by atoms with Crippen LogP contribution in [-0.2, 0) is 32.8 Å². The maximum atomic E-state index is 14.0. The fraction of sp³-hybridized carbons (Fsp3) is 0.276. The molecular formula is C29H26ClN3O3. The van der Waals surface area contributed by atoms with Crippen LogP contribution in [0.4, 0.5) is 5.69 Å². The highest BCUT2D eigenvalue weighted by molar-refractivity contribution is 6.31. The van der Waals surface area contributed by atoms with Crippen molar-refractivity contribution in [2.75, 3.05) is 11.9 Å². The van der Waals surface area contributed by atoms with Crippen molar-refractivity contribution in [1.29, 1.82) is 0 Å². The van der Waals surface area contributed by atoms with Gasteiger partial charge in [-0.15, -0.1) is 0 Å². The maximum absolute atomic E-state index is 14.0. The number of halogens is 1. The van der Waals surface area contributed by atoms with Crippen molar-refractivity contribution in [2.24, 2.45) is 11.8 Å². The van der Waals surface area contributed by atoms with Gasteiger partial charge in [-0.3, -0.25) is 24.6 Å². The molecule has 3 aliphatic rings. The van der Waals surface area contributed by atoms with Gasteiger partial charge in [0.2, 0.25) is 17.7 Å². The molecule has 3 heterocycles. The van der Waals surface area contributed by atoms with Gasteiger partial charge in [-0.2, -0.15) is 0 Å². The van der Waals surface area contributed by atoms with E-state index in [1.807, 2.05) is 67.6 Å². The highest BCUT2D eigenvalue weighted by Crippen LogP contribution is 2.54. The highest BCUT2D eigenvalue weighted by atomic mass is 35.5. The van der Waals surface area contributed by atoms with E-state index in [1.54, 1.807) is 12.1 Å². The van der Waals surface area contributed by atoms with Gasteiger partial charge in [0.05, 0.1) is 11.8 Å². The monoisotopic (exact) mass is 499 g/mol. The molecule has 1 spiro atoms. The van der Waals surface area contributed by atoms with Crippen LogP contribution in [0.1, 0.15) is 22.3 Å². The summed E-state index contributed by atoms with van der Waals surface area (Å²) in [5.74, 6) is -2.31. The van der Waals surface area contributed by atoms with Gasteiger partial charge in [0.15, 0.2) is 0 Å². The van der Waals surface area contributed by atoms with Crippen LogP contribution in [0.25, 0.3) is 0 Å². The molecule has 0 radical (unpaired) electrons. The molecule has 7 heteroatoms. The number of hydrogen-bond donors (Lipinski definition) is 2. The minimum atomic E-state index is -1.34. The minimum Gasteiger partial charge on any atom is -0.324 e. The van der Waals surface area contributed by atoms with Gasteiger partial charge < -0.3 is 5.32 Å². The van der Waals surface area contributed by atoms with Crippen molar-refractivity contribution in [3.8, 4) is 0 Å². The first-order valence-electron chi connectivity index (χ1n) is 12.2. The number of anilines is 1. The number of rotatable bonds is 5. The molecule has 3 amide bonds. The summed E-state index contributed by atoms with van der Waals surface area (Å²) in [6.45, 7) is 2.16. The van der Waals surface area contributed by atoms with E-state index in [9.17, 15) is 14.4 Å². The maximum Gasteiger partial charge on any atom is 0.250 e. The Bertz CT molecular complexity index is 1380. The lowest BCUT2D eigenvalue weighted by molar-refractivity contribution is -0.142. The van der Waals surface area contributed by atoms with E-state index in [2.05, 4.69) is 10.6 Å². The number of hydrogen-bond acceptors (Lipinski definition) is 4. The number of nitrogens with one attached hydrogen (secondary N) is 2. The summed E-state index contributed by atoms with van der Waals surface area (Å²) in [6.07, 6.45) is 1.09. The molecule has 2 saturated heterocycles. The van der Waals surface area contributed by atoms with E-state index >= 15 is 0 Å². The highest BCUT2D eigenvalue weighted by Gasteiger charge is 2.70. The van der Waals surface area contributed by atoms with Crippen LogP contribution in [-0.4, -0.2) is 35.2 Å². The van der Waals surface area contributed by atoms with Crippen molar-refractivity contribution in [1.82, 2.24) is 10.2 Å². The largest absolute Gasteiger partial charge is 0.324 e. The number of fused-ring (bicyclic) bond motifs is 4. The van der Waals surface area contributed by atoms with Crippen molar-refractivity contribution in [3.63, 3.8) is 0 Å². The van der Waals surface area contributed by atoms with Gasteiger partial charge >= 0.3 is 0 Å². The molecule has 36 heavy (non-hydrogen) atoms. The molecule has 182 valence electrons. The molecule has 6 nitrogen and oxygen atoms in total. The van der Waals surface area contributed by atoms with Gasteiger partial charge in [0, 0.05) is 28.9 Å². The Kier molecular flexibility index (Phi) is 5.47. The average molecular weight is 500 g/mol. The van der Waals surface area contributed by atoms with Crippen molar-refractivity contribution in [3.05, 3.63) is 100 Å². The Balaban J connectivity index is 1.42. The van der Waals surface area contributed by atoms with E-state index < -0.39 is 17.4 Å². The van der Waals surface area contributed by atoms with Gasteiger partial charge in [0.1, 0.15) is 5.54 Å². The van der Waals surface area contributed by atoms with Crippen LogP contribution in [0, 0.1) is 18.8 Å². The third kappa shape index (κ3) is 3.39. The molecule has 3 aliphatic heterocycles. The van der Waals surface area contributed by atoms with Gasteiger partial charge in [-0.1, -0.05) is 72.3 Å². The first kappa shape index (κ1) is 23.0. The number of carbonyl (C=O) groups excluding carboxylic acids is 3. The number of benzene rings is 3. The predicted molar refractivity (Wildman–Crippen MR) is 137 cm³/mol. The fourth-order valence-electron chi connectivity index (χ4n) is 6.24. The molecule has 3 aromatic rings. The Morgan fingerprint density at radius 1 is 0.917 bits per heavy atom. The summed E-state index contributed by atoms with van der Waals surface area (Å²) in [7, 11) is 0. The van der Waals surface area contributed by atoms with E-state index in [4.69, 9.17) is 11.6 Å². The fourth-order valence-corrected chi connectivity index (χ4v) is 6.51. The van der Waals surface area contributed by atoms with Crippen LogP contribution in [0.5, 0.6) is 0 Å². The second kappa shape index (κ2) is 8.57. The Morgan fingerprint density at radius 2 is 1.58 bits per heavy atom. The first-order valence-corrected chi connectivity index (χ1v) is 12.6. The summed E-state index contributed by atoms with van der Waals surface area (Å²) >= 11 is 6.43. The van der Waals surface area contributed by atoms with E-state index in [0.717, 1.165) is 16.7 Å². The third-order valence-corrected chi connectivity index (χ3v) is 8.06. The standard InChI is InChI=1S/C29H26ClN3O3/c1-17-14-20(30)16-21-25(17)31-28(36)29(21)24-23(22(32-29)15-19-10-6-3-7-11-19)26(34)33(27(24)35)13-12-18-8-4-2-5-9-18/h2-11,14,16,22-24,32H,12-13,15H2,1H3,(H,31,36)/t22-,23+,24+,29-/m0/s1. The zero-order valence-corrected chi connectivity index (χ0v) is 20.6. The quantitative estimate of drug-likeness (QED) is 0.523. The molecule has 0 aliphatic carbocycles. The molecule has 4 atom stereocenters. The summed E-state index contributed by atoms with van der Waals surface area (Å²) in [4.78, 5) is 42.8. The number of imide groups is 1. The van der Waals surface area contributed by atoms with Gasteiger partial charge in [0.25, 0.3) is 0 Å². The summed E-state index contributed by atoms with van der Waals surface area (Å²) in [5.41, 5.74) is 2.88. The molecule has 2 N–H and O–H groups in total. The topological polar surface area (TPSA) is 78.5 Å². The normalized spacial score (nSPS) is 26.4. The molecule has 2 fully saturated rings. The zero-order valence-electron chi connectivity index (χ0n) is 19.8. The lowest BCUT2D eigenvalue weighted by Crippen LogP contribution is -2.53. The van der Waals surface area contributed by atoms with Crippen LogP contribution >= 0.6 is 11.6 Å². The number of carbonyl (C=O) groups is 3. The van der Waals surface area contributed by atoms with E-state index in [0.29, 0.717) is 29.1 Å². The minimum absolute atomic E-state index is 0.216. The summed E-state index contributed by atoms with van der Waals surface area (Å²) in [6, 6.07) is 22.8. The second-order valence-corrected chi connectivity index (χ2v) is 10.4. The number of likely N-dealkylation sites (tertiary alicyclic amines) is 1. The second-order valence-electron chi connectivity index (χ2n) is 9.92. The number of nitrogens with zero attached hydrogens (tertiary/aromatic N) is 1. The SMILES string of the molecule is Cc1cc(Cl)cc2c1NC(=O)[C@]21N[C@@H](Cc2ccccc2)[C@H]2C(=O)N(CCc3ccccc3)C(=O)[C@@H]21. The lowest BCUT2D eigenvalue weighted by atomic mass is 9.76. The van der Waals surface area contributed by atoms with Crippen LogP contribution in [0.15, 0.2) is 72.8 Å². The molecule has 6 rings (SSSR count). The zero-order chi connectivity index (χ0) is 25.0. The van der Waals surface area contributed by atoms with E-state index in [1.165, 1.54) is 4.90 Å². The van der Waals surface area contributed by atoms with Crippen molar-refractivity contribution >= 4 is 35.0 Å². The van der Waals surface area contributed by atoms with Gasteiger partial charge in [-0.05, 0) is 48.6 Å². The predicted octanol–water partition coefficient (Wildman–Crippen LogP) is 3.85.